The van der Waals surface area contributed by atoms with Gasteiger partial charge in [-0.2, -0.15) is 0 Å². The standard InChI is InChI=1S/C18H31NO3Si/c1-7-15(22-23(5,6)18(2,3)4)16(17(20)21)19-13-14-11-9-8-10-12-14/h8-12,15-16,19H,7,13H2,1-6H3,(H,20,21). The van der Waals surface area contributed by atoms with E-state index in [9.17, 15) is 9.90 Å². The third-order valence-electron chi connectivity index (χ3n) is 4.66. The molecule has 1 aromatic rings. The van der Waals surface area contributed by atoms with Crippen LogP contribution in [-0.4, -0.2) is 31.5 Å². The average Bonchev–Trinajstić information content (AvgIpc) is 2.45. The molecule has 0 aromatic heterocycles. The van der Waals surface area contributed by atoms with Gasteiger partial charge in [-0.1, -0.05) is 58.0 Å². The molecule has 23 heavy (non-hydrogen) atoms. The molecule has 0 aliphatic carbocycles. The Bertz CT molecular complexity index is 497. The van der Waals surface area contributed by atoms with Crippen LogP contribution >= 0.6 is 0 Å². The highest BCUT2D eigenvalue weighted by molar-refractivity contribution is 6.74. The molecule has 0 aliphatic rings. The first-order chi connectivity index (χ1) is 10.6. The van der Waals surface area contributed by atoms with E-state index in [4.69, 9.17) is 4.43 Å². The number of carboxylic acid groups (broad SMARTS) is 1. The van der Waals surface area contributed by atoms with Gasteiger partial charge < -0.3 is 9.53 Å². The van der Waals surface area contributed by atoms with Crippen LogP contribution < -0.4 is 5.32 Å². The van der Waals surface area contributed by atoms with Crippen molar-refractivity contribution in [2.75, 3.05) is 0 Å². The maximum Gasteiger partial charge on any atom is 0.323 e. The van der Waals surface area contributed by atoms with Crippen molar-refractivity contribution >= 4 is 14.3 Å². The summed E-state index contributed by atoms with van der Waals surface area (Å²) in [5.41, 5.74) is 1.07. The van der Waals surface area contributed by atoms with Crippen LogP contribution in [0.2, 0.25) is 18.1 Å². The Kier molecular flexibility index (Phi) is 6.98. The van der Waals surface area contributed by atoms with Crippen LogP contribution in [0.3, 0.4) is 0 Å². The molecule has 4 nitrogen and oxygen atoms in total. The Morgan fingerprint density at radius 3 is 2.26 bits per heavy atom. The summed E-state index contributed by atoms with van der Waals surface area (Å²) in [5.74, 6) is -0.855. The van der Waals surface area contributed by atoms with E-state index in [1.165, 1.54) is 0 Å². The molecule has 0 radical (unpaired) electrons. The molecule has 0 saturated carbocycles. The van der Waals surface area contributed by atoms with Gasteiger partial charge in [0, 0.05) is 6.54 Å². The third kappa shape index (κ3) is 5.75. The minimum Gasteiger partial charge on any atom is -0.480 e. The largest absolute Gasteiger partial charge is 0.480 e. The number of rotatable bonds is 8. The van der Waals surface area contributed by atoms with Gasteiger partial charge in [-0.25, -0.2) is 0 Å². The van der Waals surface area contributed by atoms with Crippen molar-refractivity contribution in [3.05, 3.63) is 35.9 Å². The zero-order chi connectivity index (χ0) is 17.7. The van der Waals surface area contributed by atoms with Crippen molar-refractivity contribution in [1.82, 2.24) is 5.32 Å². The maximum absolute atomic E-state index is 11.7. The molecule has 0 saturated heterocycles. The number of aliphatic carboxylic acids is 1. The summed E-state index contributed by atoms with van der Waals surface area (Å²) in [4.78, 5) is 11.7. The monoisotopic (exact) mass is 337 g/mol. The maximum atomic E-state index is 11.7. The van der Waals surface area contributed by atoms with Crippen LogP contribution in [0.5, 0.6) is 0 Å². The zero-order valence-corrected chi connectivity index (χ0v) is 16.2. The van der Waals surface area contributed by atoms with E-state index in [-0.39, 0.29) is 11.1 Å². The summed E-state index contributed by atoms with van der Waals surface area (Å²) in [7, 11) is -2.01. The van der Waals surface area contributed by atoms with Crippen molar-refractivity contribution in [2.45, 2.75) is 70.9 Å². The Balaban J connectivity index is 2.82. The van der Waals surface area contributed by atoms with Crippen molar-refractivity contribution in [3.8, 4) is 0 Å². The van der Waals surface area contributed by atoms with Gasteiger partial charge in [-0.15, -0.1) is 0 Å². The number of hydrogen-bond donors (Lipinski definition) is 2. The highest BCUT2D eigenvalue weighted by atomic mass is 28.4. The first-order valence-corrected chi connectivity index (χ1v) is 11.2. The van der Waals surface area contributed by atoms with Crippen molar-refractivity contribution in [3.63, 3.8) is 0 Å². The molecule has 130 valence electrons. The summed E-state index contributed by atoms with van der Waals surface area (Å²) in [6.45, 7) is 13.3. The molecule has 1 rings (SSSR count). The molecule has 2 atom stereocenters. The Hall–Kier alpha value is -1.17. The SMILES string of the molecule is CCC(O[Si](C)(C)C(C)(C)C)C(NCc1ccccc1)C(=O)O. The first kappa shape index (κ1) is 19.9. The van der Waals surface area contributed by atoms with Gasteiger partial charge in [0.15, 0.2) is 8.32 Å². The van der Waals surface area contributed by atoms with E-state index in [0.29, 0.717) is 13.0 Å². The van der Waals surface area contributed by atoms with Crippen LogP contribution in [0.1, 0.15) is 39.7 Å². The topological polar surface area (TPSA) is 58.6 Å². The van der Waals surface area contributed by atoms with E-state index >= 15 is 0 Å². The first-order valence-electron chi connectivity index (χ1n) is 8.26. The van der Waals surface area contributed by atoms with Gasteiger partial charge >= 0.3 is 5.97 Å². The summed E-state index contributed by atoms with van der Waals surface area (Å²) in [6.07, 6.45) is 0.350. The second kappa shape index (κ2) is 8.08. The minimum absolute atomic E-state index is 0.0584. The summed E-state index contributed by atoms with van der Waals surface area (Å²) < 4.78 is 6.36. The number of nitrogens with one attached hydrogen (secondary N) is 1. The van der Waals surface area contributed by atoms with E-state index < -0.39 is 20.3 Å². The highest BCUT2D eigenvalue weighted by Gasteiger charge is 2.41. The molecule has 1 aromatic carbocycles. The normalized spacial score (nSPS) is 15.2. The second-order valence-electron chi connectivity index (χ2n) is 7.51. The number of hydrogen-bond acceptors (Lipinski definition) is 3. The summed E-state index contributed by atoms with van der Waals surface area (Å²) in [5, 5.41) is 12.8. The summed E-state index contributed by atoms with van der Waals surface area (Å²) >= 11 is 0. The fraction of sp³-hybridized carbons (Fsp3) is 0.611. The molecule has 0 amide bonds. The molecule has 2 N–H and O–H groups in total. The lowest BCUT2D eigenvalue weighted by molar-refractivity contribution is -0.142. The zero-order valence-electron chi connectivity index (χ0n) is 15.2. The fourth-order valence-electron chi connectivity index (χ4n) is 2.14. The van der Waals surface area contributed by atoms with Crippen LogP contribution in [0, 0.1) is 0 Å². The molecular weight excluding hydrogens is 306 g/mol. The van der Waals surface area contributed by atoms with Gasteiger partial charge in [-0.05, 0) is 30.1 Å². The predicted molar refractivity (Wildman–Crippen MR) is 97.1 cm³/mol. The summed E-state index contributed by atoms with van der Waals surface area (Å²) in [6, 6.07) is 9.14. The quantitative estimate of drug-likeness (QED) is 0.703. The fourth-order valence-corrected chi connectivity index (χ4v) is 3.56. The Morgan fingerprint density at radius 2 is 1.83 bits per heavy atom. The second-order valence-corrected chi connectivity index (χ2v) is 12.3. The van der Waals surface area contributed by atoms with Gasteiger partial charge in [0.2, 0.25) is 0 Å². The lowest BCUT2D eigenvalue weighted by Crippen LogP contribution is -2.53. The number of carboxylic acids is 1. The van der Waals surface area contributed by atoms with Crippen molar-refractivity contribution < 1.29 is 14.3 Å². The number of carbonyl (C=O) groups is 1. The molecule has 0 heterocycles. The molecule has 0 spiro atoms. The van der Waals surface area contributed by atoms with Gasteiger partial charge in [0.25, 0.3) is 0 Å². The van der Waals surface area contributed by atoms with Crippen LogP contribution in [0.25, 0.3) is 0 Å². The van der Waals surface area contributed by atoms with E-state index in [0.717, 1.165) is 5.56 Å². The Morgan fingerprint density at radius 1 is 1.26 bits per heavy atom. The van der Waals surface area contributed by atoms with Crippen molar-refractivity contribution in [2.24, 2.45) is 0 Å². The van der Waals surface area contributed by atoms with Crippen LogP contribution in [-0.2, 0) is 15.8 Å². The lowest BCUT2D eigenvalue weighted by atomic mass is 10.1. The van der Waals surface area contributed by atoms with Crippen LogP contribution in [0.4, 0.5) is 0 Å². The third-order valence-corrected chi connectivity index (χ3v) is 9.17. The smallest absolute Gasteiger partial charge is 0.323 e. The minimum atomic E-state index is -2.01. The van der Waals surface area contributed by atoms with Crippen molar-refractivity contribution in [1.29, 1.82) is 0 Å². The van der Waals surface area contributed by atoms with Gasteiger partial charge in [0.05, 0.1) is 6.10 Å². The molecule has 0 fully saturated rings. The molecular formula is C18H31NO3Si. The lowest BCUT2D eigenvalue weighted by Gasteiger charge is -2.40. The molecule has 0 bridgehead atoms. The van der Waals surface area contributed by atoms with E-state index in [1.807, 2.05) is 37.3 Å². The molecule has 5 heteroatoms. The van der Waals surface area contributed by atoms with Crippen LogP contribution in [0.15, 0.2) is 30.3 Å². The molecule has 0 aliphatic heterocycles. The average molecular weight is 338 g/mol. The van der Waals surface area contributed by atoms with Gasteiger partial charge in [0.1, 0.15) is 6.04 Å². The predicted octanol–water partition coefficient (Wildman–Crippen LogP) is 4.03. The molecule has 2 unspecified atom stereocenters. The number of benzene rings is 1. The highest BCUT2D eigenvalue weighted by Crippen LogP contribution is 2.38. The van der Waals surface area contributed by atoms with E-state index in [2.05, 4.69) is 39.2 Å². The Labute approximate surface area is 141 Å². The van der Waals surface area contributed by atoms with E-state index in [1.54, 1.807) is 0 Å². The van der Waals surface area contributed by atoms with Gasteiger partial charge in [-0.3, -0.25) is 10.1 Å².